The smallest absolute Gasteiger partial charge is 0.237 e. The molecule has 4 nitrogen and oxygen atoms in total. The molecule has 0 radical (unpaired) electrons. The highest BCUT2D eigenvalue weighted by atomic mass is 16.2. The molecule has 1 fully saturated rings. The van der Waals surface area contributed by atoms with Gasteiger partial charge in [-0.15, -0.1) is 0 Å². The summed E-state index contributed by atoms with van der Waals surface area (Å²) in [4.78, 5) is 11.8. The quantitative estimate of drug-likeness (QED) is 0.792. The molecule has 1 aromatic heterocycles. The molecule has 88 valence electrons. The maximum Gasteiger partial charge on any atom is 0.237 e. The summed E-state index contributed by atoms with van der Waals surface area (Å²) >= 11 is 0. The first-order chi connectivity index (χ1) is 7.75. The number of hydrogen-bond acceptors (Lipinski definition) is 2. The van der Waals surface area contributed by atoms with E-state index in [-0.39, 0.29) is 11.9 Å². The lowest BCUT2D eigenvalue weighted by molar-refractivity contribution is -0.123. The fraction of sp³-hybridized carbons (Fsp3) is 0.583. The molecule has 1 amide bonds. The Kier molecular flexibility index (Phi) is 3.62. The minimum Gasteiger partial charge on any atom is -0.357 e. The van der Waals surface area contributed by atoms with Crippen LogP contribution in [-0.2, 0) is 18.4 Å². The van der Waals surface area contributed by atoms with Gasteiger partial charge in [0.25, 0.3) is 0 Å². The summed E-state index contributed by atoms with van der Waals surface area (Å²) in [5.41, 5.74) is 1.15. The van der Waals surface area contributed by atoms with E-state index < -0.39 is 0 Å². The molecule has 0 unspecified atom stereocenters. The Hall–Kier alpha value is -1.29. The first-order valence-corrected chi connectivity index (χ1v) is 5.87. The van der Waals surface area contributed by atoms with Crippen LogP contribution in [0.1, 0.15) is 24.8 Å². The number of rotatable bonds is 3. The van der Waals surface area contributed by atoms with Crippen LogP contribution in [-0.4, -0.2) is 23.1 Å². The van der Waals surface area contributed by atoms with Crippen molar-refractivity contribution in [2.24, 2.45) is 7.05 Å². The van der Waals surface area contributed by atoms with Gasteiger partial charge in [-0.3, -0.25) is 4.79 Å². The zero-order valence-electron chi connectivity index (χ0n) is 9.70. The molecule has 1 saturated heterocycles. The fourth-order valence-corrected chi connectivity index (χ4v) is 2.05. The Morgan fingerprint density at radius 1 is 1.62 bits per heavy atom. The number of aryl methyl sites for hydroxylation is 1. The van der Waals surface area contributed by atoms with Crippen LogP contribution < -0.4 is 10.6 Å². The largest absolute Gasteiger partial charge is 0.357 e. The molecule has 1 aliphatic heterocycles. The van der Waals surface area contributed by atoms with E-state index in [0.717, 1.165) is 24.9 Å². The van der Waals surface area contributed by atoms with Gasteiger partial charge < -0.3 is 15.2 Å². The van der Waals surface area contributed by atoms with E-state index in [9.17, 15) is 4.79 Å². The van der Waals surface area contributed by atoms with Gasteiger partial charge >= 0.3 is 0 Å². The van der Waals surface area contributed by atoms with E-state index in [1.165, 1.54) is 6.42 Å². The first kappa shape index (κ1) is 11.2. The molecule has 0 aliphatic carbocycles. The van der Waals surface area contributed by atoms with Gasteiger partial charge in [-0.05, 0) is 31.0 Å². The molecule has 16 heavy (non-hydrogen) atoms. The Labute approximate surface area is 96.0 Å². The van der Waals surface area contributed by atoms with Crippen LogP contribution in [0.5, 0.6) is 0 Å². The first-order valence-electron chi connectivity index (χ1n) is 5.87. The highest BCUT2D eigenvalue weighted by molar-refractivity contribution is 5.81. The Morgan fingerprint density at radius 3 is 3.12 bits per heavy atom. The van der Waals surface area contributed by atoms with Crippen LogP contribution in [0.15, 0.2) is 18.5 Å². The van der Waals surface area contributed by atoms with E-state index in [1.54, 1.807) is 0 Å². The van der Waals surface area contributed by atoms with E-state index in [4.69, 9.17) is 0 Å². The van der Waals surface area contributed by atoms with Gasteiger partial charge in [0.2, 0.25) is 5.91 Å². The summed E-state index contributed by atoms with van der Waals surface area (Å²) in [6, 6.07) is 2.03. The van der Waals surface area contributed by atoms with Crippen molar-refractivity contribution in [3.63, 3.8) is 0 Å². The Morgan fingerprint density at radius 2 is 2.50 bits per heavy atom. The second kappa shape index (κ2) is 5.16. The lowest BCUT2D eigenvalue weighted by Crippen LogP contribution is -2.46. The number of amides is 1. The van der Waals surface area contributed by atoms with E-state index in [0.29, 0.717) is 6.54 Å². The summed E-state index contributed by atoms with van der Waals surface area (Å²) in [6.45, 7) is 1.58. The van der Waals surface area contributed by atoms with Crippen molar-refractivity contribution in [3.8, 4) is 0 Å². The van der Waals surface area contributed by atoms with Gasteiger partial charge in [0.1, 0.15) is 0 Å². The summed E-state index contributed by atoms with van der Waals surface area (Å²) < 4.78 is 1.99. The lowest BCUT2D eigenvalue weighted by atomic mass is 10.0. The fourth-order valence-electron chi connectivity index (χ4n) is 2.05. The van der Waals surface area contributed by atoms with Crippen LogP contribution in [0, 0.1) is 0 Å². The van der Waals surface area contributed by atoms with Crippen molar-refractivity contribution >= 4 is 5.91 Å². The van der Waals surface area contributed by atoms with E-state index >= 15 is 0 Å². The number of nitrogens with zero attached hydrogens (tertiary/aromatic N) is 1. The minimum absolute atomic E-state index is 0.0115. The molecule has 0 saturated carbocycles. The number of carbonyl (C=O) groups excluding carboxylic acids is 1. The standard InChI is InChI=1S/C12H19N3O/c1-15-7-5-10(9-15)8-14-12(16)11-4-2-3-6-13-11/h5,7,9,11,13H,2-4,6,8H2,1H3,(H,14,16)/t11-/m0/s1. The molecule has 1 atom stereocenters. The van der Waals surface area contributed by atoms with Gasteiger partial charge in [0.05, 0.1) is 6.04 Å². The van der Waals surface area contributed by atoms with Crippen LogP contribution in [0.25, 0.3) is 0 Å². The van der Waals surface area contributed by atoms with Crippen molar-refractivity contribution in [2.75, 3.05) is 6.54 Å². The van der Waals surface area contributed by atoms with Gasteiger partial charge in [-0.25, -0.2) is 0 Å². The molecule has 0 spiro atoms. The normalized spacial score (nSPS) is 20.7. The van der Waals surface area contributed by atoms with Gasteiger partial charge in [0, 0.05) is 26.0 Å². The van der Waals surface area contributed by atoms with Crippen LogP contribution in [0.4, 0.5) is 0 Å². The predicted molar refractivity (Wildman–Crippen MR) is 62.9 cm³/mol. The number of nitrogens with one attached hydrogen (secondary N) is 2. The Balaban J connectivity index is 1.78. The molecule has 0 aromatic carbocycles. The monoisotopic (exact) mass is 221 g/mol. The van der Waals surface area contributed by atoms with Crippen molar-refractivity contribution in [1.29, 1.82) is 0 Å². The summed E-state index contributed by atoms with van der Waals surface area (Å²) in [5, 5.41) is 6.21. The average molecular weight is 221 g/mol. The third kappa shape index (κ3) is 2.85. The second-order valence-electron chi connectivity index (χ2n) is 4.41. The molecule has 1 aromatic rings. The van der Waals surface area contributed by atoms with Crippen LogP contribution >= 0.6 is 0 Å². The van der Waals surface area contributed by atoms with Crippen LogP contribution in [0.3, 0.4) is 0 Å². The molecule has 4 heteroatoms. The third-order valence-electron chi connectivity index (χ3n) is 2.99. The van der Waals surface area contributed by atoms with Gasteiger partial charge in [-0.2, -0.15) is 0 Å². The zero-order valence-corrected chi connectivity index (χ0v) is 9.70. The van der Waals surface area contributed by atoms with Crippen molar-refractivity contribution in [2.45, 2.75) is 31.8 Å². The maximum atomic E-state index is 11.8. The van der Waals surface area contributed by atoms with Gasteiger partial charge in [-0.1, -0.05) is 6.42 Å². The molecule has 2 heterocycles. The van der Waals surface area contributed by atoms with Crippen LogP contribution in [0.2, 0.25) is 0 Å². The zero-order chi connectivity index (χ0) is 11.4. The molecular weight excluding hydrogens is 202 g/mol. The SMILES string of the molecule is Cn1ccc(CNC(=O)[C@@H]2CCCCN2)c1. The number of piperidine rings is 1. The highest BCUT2D eigenvalue weighted by Gasteiger charge is 2.19. The average Bonchev–Trinajstić information content (AvgIpc) is 2.73. The van der Waals surface area contributed by atoms with E-state index in [2.05, 4.69) is 10.6 Å². The molecule has 2 N–H and O–H groups in total. The second-order valence-corrected chi connectivity index (χ2v) is 4.41. The summed E-state index contributed by atoms with van der Waals surface area (Å²) in [7, 11) is 1.98. The Bertz CT molecular complexity index is 353. The molecule has 1 aliphatic rings. The van der Waals surface area contributed by atoms with Crippen molar-refractivity contribution in [3.05, 3.63) is 24.0 Å². The predicted octanol–water partition coefficient (Wildman–Crippen LogP) is 0.783. The highest BCUT2D eigenvalue weighted by Crippen LogP contribution is 2.07. The third-order valence-corrected chi connectivity index (χ3v) is 2.99. The van der Waals surface area contributed by atoms with E-state index in [1.807, 2.05) is 30.1 Å². The minimum atomic E-state index is 0.0115. The number of carbonyl (C=O) groups is 1. The maximum absolute atomic E-state index is 11.8. The molecule has 0 bridgehead atoms. The van der Waals surface area contributed by atoms with Crippen molar-refractivity contribution in [1.82, 2.24) is 15.2 Å². The summed E-state index contributed by atoms with van der Waals surface area (Å²) in [6.07, 6.45) is 7.30. The number of hydrogen-bond donors (Lipinski definition) is 2. The molecule has 2 rings (SSSR count). The topological polar surface area (TPSA) is 46.1 Å². The molecular formula is C12H19N3O. The lowest BCUT2D eigenvalue weighted by Gasteiger charge is -2.22. The van der Waals surface area contributed by atoms with Gasteiger partial charge in [0.15, 0.2) is 0 Å². The van der Waals surface area contributed by atoms with Crippen molar-refractivity contribution < 1.29 is 4.79 Å². The summed E-state index contributed by atoms with van der Waals surface area (Å²) in [5.74, 6) is 0.128. The number of aromatic nitrogens is 1.